The predicted molar refractivity (Wildman–Crippen MR) is 80.2 cm³/mol. The lowest BCUT2D eigenvalue weighted by atomic mass is 10.2. The van der Waals surface area contributed by atoms with Gasteiger partial charge in [-0.3, -0.25) is 0 Å². The van der Waals surface area contributed by atoms with Gasteiger partial charge in [0.1, 0.15) is 0 Å². The van der Waals surface area contributed by atoms with Gasteiger partial charge in [-0.2, -0.15) is 0 Å². The zero-order chi connectivity index (χ0) is 14.4. The molecule has 0 aliphatic rings. The third kappa shape index (κ3) is 9.42. The summed E-state index contributed by atoms with van der Waals surface area (Å²) in [5.41, 5.74) is 0. The van der Waals surface area contributed by atoms with Gasteiger partial charge in [-0.15, -0.1) is 0 Å². The Kier molecular flexibility index (Phi) is 12.8. The fraction of sp³-hybridized carbons (Fsp3) is 1.00. The first kappa shape index (κ1) is 18.9. The Bertz CT molecular complexity index is 156. The highest BCUT2D eigenvalue weighted by atomic mass is 16.9. The third-order valence-corrected chi connectivity index (χ3v) is 3.02. The maximum Gasteiger partial charge on any atom is 0.282 e. The highest BCUT2D eigenvalue weighted by Gasteiger charge is 2.32. The van der Waals surface area contributed by atoms with Crippen LogP contribution in [0.5, 0.6) is 0 Å². The maximum absolute atomic E-state index is 5.96. The van der Waals surface area contributed by atoms with Crippen LogP contribution in [-0.2, 0) is 14.2 Å². The molecule has 0 aliphatic carbocycles. The SMILES string of the molecule is CCCCOC(CCC)(OCCCC)OCCCC. The summed E-state index contributed by atoms with van der Waals surface area (Å²) >= 11 is 0. The first-order chi connectivity index (χ1) is 9.24. The Balaban J connectivity index is 4.37. The number of unbranched alkanes of at least 4 members (excludes halogenated alkanes) is 3. The van der Waals surface area contributed by atoms with Crippen molar-refractivity contribution in [3.05, 3.63) is 0 Å². The normalized spacial score (nSPS) is 12.0. The molecule has 0 saturated heterocycles. The highest BCUT2D eigenvalue weighted by Crippen LogP contribution is 2.23. The smallest absolute Gasteiger partial charge is 0.282 e. The molecule has 0 atom stereocenters. The second-order valence-electron chi connectivity index (χ2n) is 5.04. The van der Waals surface area contributed by atoms with Crippen molar-refractivity contribution in [2.75, 3.05) is 19.8 Å². The van der Waals surface area contributed by atoms with Crippen molar-refractivity contribution < 1.29 is 14.2 Å². The van der Waals surface area contributed by atoms with Crippen LogP contribution in [0.3, 0.4) is 0 Å². The summed E-state index contributed by atoms with van der Waals surface area (Å²) in [6, 6.07) is 0. The molecule has 0 radical (unpaired) electrons. The minimum absolute atomic E-state index is 0.717. The number of rotatable bonds is 14. The van der Waals surface area contributed by atoms with Gasteiger partial charge >= 0.3 is 0 Å². The van der Waals surface area contributed by atoms with Crippen LogP contribution >= 0.6 is 0 Å². The first-order valence-electron chi connectivity index (χ1n) is 8.16. The van der Waals surface area contributed by atoms with Crippen LogP contribution in [0.25, 0.3) is 0 Å². The molecule has 0 aromatic heterocycles. The van der Waals surface area contributed by atoms with Gasteiger partial charge in [-0.1, -0.05) is 47.0 Å². The summed E-state index contributed by atoms with van der Waals surface area (Å²) in [6.45, 7) is 10.8. The first-order valence-corrected chi connectivity index (χ1v) is 8.16. The van der Waals surface area contributed by atoms with E-state index in [9.17, 15) is 0 Å². The number of hydrogen-bond donors (Lipinski definition) is 0. The van der Waals surface area contributed by atoms with Gasteiger partial charge in [-0.05, 0) is 25.7 Å². The summed E-state index contributed by atoms with van der Waals surface area (Å²) in [7, 11) is 0. The lowest BCUT2D eigenvalue weighted by Gasteiger charge is -2.33. The Hall–Kier alpha value is -0.120. The molecule has 0 amide bonds. The summed E-state index contributed by atoms with van der Waals surface area (Å²) in [4.78, 5) is 0. The van der Waals surface area contributed by atoms with Crippen molar-refractivity contribution >= 4 is 0 Å². The zero-order valence-corrected chi connectivity index (χ0v) is 13.5. The molecule has 116 valence electrons. The van der Waals surface area contributed by atoms with Crippen molar-refractivity contribution in [1.82, 2.24) is 0 Å². The number of ether oxygens (including phenoxy) is 3. The second-order valence-corrected chi connectivity index (χ2v) is 5.04. The summed E-state index contributed by atoms with van der Waals surface area (Å²) < 4.78 is 17.9. The number of hydrogen-bond acceptors (Lipinski definition) is 3. The van der Waals surface area contributed by atoms with Crippen LogP contribution in [0, 0.1) is 0 Å². The minimum Gasteiger partial charge on any atom is -0.327 e. The second kappa shape index (κ2) is 12.9. The maximum atomic E-state index is 5.96. The van der Waals surface area contributed by atoms with Crippen LogP contribution in [0.2, 0.25) is 0 Å². The Morgan fingerprint density at radius 1 is 0.579 bits per heavy atom. The molecule has 0 bridgehead atoms. The van der Waals surface area contributed by atoms with Gasteiger partial charge in [0.05, 0.1) is 19.8 Å². The molecule has 3 heteroatoms. The molecular formula is C16H34O3. The molecule has 0 heterocycles. The largest absolute Gasteiger partial charge is 0.327 e. The Morgan fingerprint density at radius 3 is 1.21 bits per heavy atom. The van der Waals surface area contributed by atoms with Gasteiger partial charge in [0.2, 0.25) is 0 Å². The van der Waals surface area contributed by atoms with Crippen LogP contribution in [-0.4, -0.2) is 25.8 Å². The Morgan fingerprint density at radius 2 is 0.947 bits per heavy atom. The van der Waals surface area contributed by atoms with E-state index in [1.165, 1.54) is 0 Å². The summed E-state index contributed by atoms with van der Waals surface area (Å²) in [5.74, 6) is -0.797. The molecule has 0 aromatic rings. The lowest BCUT2D eigenvalue weighted by molar-refractivity contribution is -0.384. The van der Waals surface area contributed by atoms with Crippen molar-refractivity contribution in [3.63, 3.8) is 0 Å². The molecule has 0 N–H and O–H groups in total. The van der Waals surface area contributed by atoms with Crippen molar-refractivity contribution in [1.29, 1.82) is 0 Å². The molecule has 0 spiro atoms. The molecule has 19 heavy (non-hydrogen) atoms. The van der Waals surface area contributed by atoms with E-state index in [1.807, 2.05) is 0 Å². The quantitative estimate of drug-likeness (QED) is 0.333. The lowest BCUT2D eigenvalue weighted by Crippen LogP contribution is -2.40. The molecule has 3 nitrogen and oxygen atoms in total. The van der Waals surface area contributed by atoms with Crippen molar-refractivity contribution in [2.24, 2.45) is 0 Å². The summed E-state index contributed by atoms with van der Waals surface area (Å²) in [6.07, 6.45) is 8.37. The van der Waals surface area contributed by atoms with E-state index in [0.29, 0.717) is 0 Å². The molecule has 0 rings (SSSR count). The fourth-order valence-corrected chi connectivity index (χ4v) is 1.76. The molecule has 0 aromatic carbocycles. The van der Waals surface area contributed by atoms with Crippen LogP contribution < -0.4 is 0 Å². The van der Waals surface area contributed by atoms with Crippen LogP contribution in [0.4, 0.5) is 0 Å². The predicted octanol–water partition coefficient (Wildman–Crippen LogP) is 4.89. The minimum atomic E-state index is -0.797. The molecule has 0 fully saturated rings. The Labute approximate surface area is 120 Å². The van der Waals surface area contributed by atoms with Crippen LogP contribution in [0.15, 0.2) is 0 Å². The summed E-state index contributed by atoms with van der Waals surface area (Å²) in [5, 5.41) is 0. The van der Waals surface area contributed by atoms with Crippen molar-refractivity contribution in [3.8, 4) is 0 Å². The van der Waals surface area contributed by atoms with Gasteiger partial charge in [0.25, 0.3) is 5.97 Å². The standard InChI is InChI=1S/C16H34O3/c1-5-9-13-17-16(12-8-4,18-14-10-6-2)19-15-11-7-3/h5-15H2,1-4H3. The van der Waals surface area contributed by atoms with E-state index in [2.05, 4.69) is 27.7 Å². The van der Waals surface area contributed by atoms with Gasteiger partial charge in [0, 0.05) is 6.42 Å². The fourth-order valence-electron chi connectivity index (χ4n) is 1.76. The molecule has 0 saturated carbocycles. The third-order valence-electron chi connectivity index (χ3n) is 3.02. The molecule has 0 unspecified atom stereocenters. The average Bonchev–Trinajstić information content (AvgIpc) is 2.40. The van der Waals surface area contributed by atoms with E-state index in [0.717, 1.165) is 71.2 Å². The van der Waals surface area contributed by atoms with E-state index < -0.39 is 5.97 Å². The molecular weight excluding hydrogens is 240 g/mol. The van der Waals surface area contributed by atoms with Gasteiger partial charge in [0.15, 0.2) is 0 Å². The van der Waals surface area contributed by atoms with E-state index >= 15 is 0 Å². The monoisotopic (exact) mass is 274 g/mol. The molecule has 0 aliphatic heterocycles. The van der Waals surface area contributed by atoms with Gasteiger partial charge < -0.3 is 14.2 Å². The highest BCUT2D eigenvalue weighted by molar-refractivity contribution is 4.58. The zero-order valence-electron chi connectivity index (χ0n) is 13.5. The average molecular weight is 274 g/mol. The van der Waals surface area contributed by atoms with E-state index in [1.54, 1.807) is 0 Å². The van der Waals surface area contributed by atoms with Gasteiger partial charge in [-0.25, -0.2) is 0 Å². The van der Waals surface area contributed by atoms with Crippen molar-refractivity contribution in [2.45, 2.75) is 85.0 Å². The van der Waals surface area contributed by atoms with E-state index in [-0.39, 0.29) is 0 Å². The van der Waals surface area contributed by atoms with Crippen LogP contribution in [0.1, 0.15) is 79.1 Å². The van der Waals surface area contributed by atoms with E-state index in [4.69, 9.17) is 14.2 Å². The topological polar surface area (TPSA) is 27.7 Å².